The van der Waals surface area contributed by atoms with Crippen LogP contribution in [-0.2, 0) is 45.7 Å². The third-order valence-electron chi connectivity index (χ3n) is 14.0. The summed E-state index contributed by atoms with van der Waals surface area (Å²) in [7, 11) is 0. The van der Waals surface area contributed by atoms with E-state index in [1.165, 1.54) is 22.3 Å². The molecule has 6 aromatic carbocycles. The fraction of sp³-hybridized carbons (Fsp3) is 0.463. The third-order valence-corrected chi connectivity index (χ3v) is 14.0. The predicted octanol–water partition coefficient (Wildman–Crippen LogP) is 17.9. The summed E-state index contributed by atoms with van der Waals surface area (Å²) >= 11 is 0. The summed E-state index contributed by atoms with van der Waals surface area (Å²) in [5.74, 6) is 1.40. The second kappa shape index (κ2) is 21.1. The molecular weight excluding hydrogens is 869 g/mol. The maximum Gasteiger partial charge on any atom is 0.133 e. The van der Waals surface area contributed by atoms with E-state index in [4.69, 9.17) is 9.47 Å². The molecule has 0 aliphatic carbocycles. The zero-order valence-electron chi connectivity index (χ0n) is 46.9. The fourth-order valence-electron chi connectivity index (χ4n) is 8.99. The summed E-state index contributed by atoms with van der Waals surface area (Å²) < 4.78 is 13.9. The molecule has 0 aliphatic heterocycles. The van der Waals surface area contributed by atoms with Crippen LogP contribution in [0.1, 0.15) is 212 Å². The van der Waals surface area contributed by atoms with Crippen molar-refractivity contribution in [2.75, 3.05) is 0 Å². The van der Waals surface area contributed by atoms with Gasteiger partial charge in [-0.25, -0.2) is 0 Å². The van der Waals surface area contributed by atoms with Crippen molar-refractivity contribution in [3.63, 3.8) is 0 Å². The van der Waals surface area contributed by atoms with Crippen molar-refractivity contribution in [1.82, 2.24) is 0 Å². The molecule has 0 aromatic heterocycles. The molecule has 2 unspecified atom stereocenters. The van der Waals surface area contributed by atoms with Crippen LogP contribution in [-0.4, -0.2) is 10.2 Å². The van der Waals surface area contributed by atoms with Crippen LogP contribution in [0.4, 0.5) is 0 Å². The highest BCUT2D eigenvalue weighted by Crippen LogP contribution is 2.47. The normalized spacial score (nSPS) is 13.8. The van der Waals surface area contributed by atoms with Gasteiger partial charge in [0.15, 0.2) is 0 Å². The van der Waals surface area contributed by atoms with Gasteiger partial charge < -0.3 is 19.7 Å². The number of hydrogen-bond acceptors (Lipinski definition) is 4. The molecule has 4 nitrogen and oxygen atoms in total. The minimum atomic E-state index is -0.858. The van der Waals surface area contributed by atoms with Crippen molar-refractivity contribution >= 4 is 0 Å². The Hall–Kier alpha value is -5.16. The Balaban J connectivity index is 1.46. The maximum absolute atomic E-state index is 12.6. The molecule has 71 heavy (non-hydrogen) atoms. The smallest absolute Gasteiger partial charge is 0.133 e. The Morgan fingerprint density at radius 2 is 0.620 bits per heavy atom. The molecule has 2 N–H and O–H groups in total. The summed E-state index contributed by atoms with van der Waals surface area (Å²) in [4.78, 5) is 0. The van der Waals surface area contributed by atoms with Gasteiger partial charge in [0, 0.05) is 22.3 Å². The van der Waals surface area contributed by atoms with Crippen molar-refractivity contribution in [3.05, 3.63) is 177 Å². The van der Waals surface area contributed by atoms with Gasteiger partial charge in [0.25, 0.3) is 0 Å². The molecule has 380 valence electrons. The zero-order chi connectivity index (χ0) is 52.5. The first kappa shape index (κ1) is 55.2. The van der Waals surface area contributed by atoms with E-state index in [-0.39, 0.29) is 32.5 Å². The third kappa shape index (κ3) is 14.1. The quantitative estimate of drug-likeness (QED) is 0.114. The van der Waals surface area contributed by atoms with Gasteiger partial charge in [-0.05, 0) is 132 Å². The molecule has 0 amide bonds. The van der Waals surface area contributed by atoms with E-state index in [0.717, 1.165) is 55.6 Å². The molecule has 0 spiro atoms. The van der Waals surface area contributed by atoms with Crippen molar-refractivity contribution in [3.8, 4) is 33.8 Å². The lowest BCUT2D eigenvalue weighted by Crippen LogP contribution is -2.17. The number of aliphatic hydroxyl groups is 2. The second-order valence-electron chi connectivity index (χ2n) is 26.5. The molecule has 2 atom stereocenters. The van der Waals surface area contributed by atoms with Gasteiger partial charge in [0.05, 0.1) is 12.2 Å². The van der Waals surface area contributed by atoms with Crippen LogP contribution in [0.15, 0.2) is 121 Å². The molecule has 6 rings (SSSR count). The van der Waals surface area contributed by atoms with Crippen LogP contribution in [0.3, 0.4) is 0 Å². The van der Waals surface area contributed by atoms with Crippen LogP contribution in [0.2, 0.25) is 0 Å². The predicted molar refractivity (Wildman–Crippen MR) is 301 cm³/mol. The summed E-state index contributed by atoms with van der Waals surface area (Å²) in [5.41, 5.74) is 14.3. The Morgan fingerprint density at radius 1 is 0.352 bits per heavy atom. The highest BCUT2D eigenvalue weighted by atomic mass is 16.5. The topological polar surface area (TPSA) is 58.9 Å². The standard InChI is InChI=1S/C67H88O4/c1-62(2,3)48-32-46(33-49(36-48)63(4,5)6)54-38-52(66(13,14)15)40-56(60(54)70-42-44-26-21-19-22-27-44)58(68)30-25-31-59(69)57-41-53(67(16,17)18)39-55(61(57)71-43-45-28-23-20-24-29-45)47-34-50(64(7,8)9)37-51(35-47)65(10,11)12/h19-24,26-29,32-41,58-59,68-69H,25,30-31,42-43H2,1-18H3. The summed E-state index contributed by atoms with van der Waals surface area (Å²) in [6.45, 7) is 41.4. The molecule has 0 saturated heterocycles. The van der Waals surface area contributed by atoms with E-state index in [0.29, 0.717) is 44.0 Å². The Kier molecular flexibility index (Phi) is 16.4. The van der Waals surface area contributed by atoms with Crippen LogP contribution >= 0.6 is 0 Å². The average molecular weight is 957 g/mol. The summed E-state index contributed by atoms with van der Waals surface area (Å²) in [6.07, 6.45) is -0.304. The van der Waals surface area contributed by atoms with Crippen molar-refractivity contribution in [2.45, 2.75) is 202 Å². The van der Waals surface area contributed by atoms with Gasteiger partial charge in [-0.2, -0.15) is 0 Å². The SMILES string of the molecule is CC(C)(C)c1cc(-c2cc(C(C)(C)C)cc(C(O)CCCC(O)c3cc(C(C)(C)C)cc(-c4cc(C(C)(C)C)cc(C(C)(C)C)c4)c3OCc3ccccc3)c2OCc2ccccc2)cc(C(C)(C)C)c1. The fourth-order valence-corrected chi connectivity index (χ4v) is 8.99. The Labute approximate surface area is 430 Å². The van der Waals surface area contributed by atoms with E-state index in [9.17, 15) is 10.2 Å². The molecule has 0 heterocycles. The first-order valence-corrected chi connectivity index (χ1v) is 26.2. The van der Waals surface area contributed by atoms with E-state index < -0.39 is 12.2 Å². The van der Waals surface area contributed by atoms with Gasteiger partial charge >= 0.3 is 0 Å². The number of hydrogen-bond donors (Lipinski definition) is 2. The lowest BCUT2D eigenvalue weighted by atomic mass is 9.77. The van der Waals surface area contributed by atoms with Crippen LogP contribution in [0.5, 0.6) is 11.5 Å². The van der Waals surface area contributed by atoms with Gasteiger partial charge in [0.2, 0.25) is 0 Å². The van der Waals surface area contributed by atoms with Crippen molar-refractivity contribution < 1.29 is 19.7 Å². The maximum atomic E-state index is 12.6. The van der Waals surface area contributed by atoms with Crippen molar-refractivity contribution in [1.29, 1.82) is 0 Å². The Morgan fingerprint density at radius 3 is 0.887 bits per heavy atom. The molecule has 4 heteroatoms. The number of benzene rings is 6. The number of ether oxygens (including phenoxy) is 2. The minimum absolute atomic E-state index is 0.0860. The lowest BCUT2D eigenvalue weighted by molar-refractivity contribution is 0.130. The lowest BCUT2D eigenvalue weighted by Gasteiger charge is -2.29. The molecule has 0 radical (unpaired) electrons. The van der Waals surface area contributed by atoms with Gasteiger partial charge in [0.1, 0.15) is 24.7 Å². The minimum Gasteiger partial charge on any atom is -0.488 e. The van der Waals surface area contributed by atoms with Gasteiger partial charge in [-0.1, -0.05) is 222 Å². The van der Waals surface area contributed by atoms with E-state index in [1.807, 2.05) is 36.4 Å². The number of aliphatic hydroxyl groups excluding tert-OH is 2. The molecule has 0 bridgehead atoms. The summed E-state index contributed by atoms with van der Waals surface area (Å²) in [6, 6.07) is 43.4. The first-order valence-electron chi connectivity index (χ1n) is 26.2. The van der Waals surface area contributed by atoms with Crippen LogP contribution < -0.4 is 9.47 Å². The van der Waals surface area contributed by atoms with Gasteiger partial charge in [-0.3, -0.25) is 0 Å². The van der Waals surface area contributed by atoms with Crippen molar-refractivity contribution in [2.24, 2.45) is 0 Å². The molecule has 0 fully saturated rings. The molecule has 6 aromatic rings. The van der Waals surface area contributed by atoms with E-state index in [2.05, 4.69) is 210 Å². The molecule has 0 saturated carbocycles. The van der Waals surface area contributed by atoms with Crippen LogP contribution in [0, 0.1) is 0 Å². The van der Waals surface area contributed by atoms with E-state index in [1.54, 1.807) is 0 Å². The van der Waals surface area contributed by atoms with E-state index >= 15 is 0 Å². The van der Waals surface area contributed by atoms with Gasteiger partial charge in [-0.15, -0.1) is 0 Å². The highest BCUT2D eigenvalue weighted by molar-refractivity contribution is 5.77. The summed E-state index contributed by atoms with van der Waals surface area (Å²) in [5, 5.41) is 25.2. The van der Waals surface area contributed by atoms with Crippen LogP contribution in [0.25, 0.3) is 22.3 Å². The highest BCUT2D eigenvalue weighted by Gasteiger charge is 2.30. The largest absolute Gasteiger partial charge is 0.488 e. The number of rotatable bonds is 14. The Bertz CT molecular complexity index is 2480. The average Bonchev–Trinajstić information content (AvgIpc) is 3.28. The second-order valence-corrected chi connectivity index (χ2v) is 26.5. The first-order chi connectivity index (χ1) is 32.8. The molecular formula is C67H88O4. The molecule has 0 aliphatic rings. The zero-order valence-corrected chi connectivity index (χ0v) is 46.9. The monoisotopic (exact) mass is 957 g/mol.